The van der Waals surface area contributed by atoms with Gasteiger partial charge in [0.1, 0.15) is 18.2 Å². The summed E-state index contributed by atoms with van der Waals surface area (Å²) in [5.41, 5.74) is 1.09. The van der Waals surface area contributed by atoms with Gasteiger partial charge in [-0.05, 0) is 67.8 Å². The molecule has 4 rings (SSSR count). The zero-order valence-electron chi connectivity index (χ0n) is 16.9. The van der Waals surface area contributed by atoms with Crippen LogP contribution in [0.1, 0.15) is 16.7 Å². The van der Waals surface area contributed by atoms with Crippen molar-refractivity contribution in [2.24, 2.45) is 4.99 Å². The number of nitro groups is 1. The van der Waals surface area contributed by atoms with Gasteiger partial charge in [0.2, 0.25) is 5.90 Å². The number of halogens is 4. The van der Waals surface area contributed by atoms with Crippen LogP contribution in [0.3, 0.4) is 0 Å². The molecule has 0 saturated carbocycles. The van der Waals surface area contributed by atoms with Crippen molar-refractivity contribution in [2.75, 3.05) is 0 Å². The molecule has 34 heavy (non-hydrogen) atoms. The lowest BCUT2D eigenvalue weighted by Gasteiger charge is -2.12. The van der Waals surface area contributed by atoms with Gasteiger partial charge in [0.05, 0.1) is 24.5 Å². The lowest BCUT2D eigenvalue weighted by atomic mass is 10.2. The van der Waals surface area contributed by atoms with Crippen LogP contribution in [-0.2, 0) is 16.1 Å². The Morgan fingerprint density at radius 3 is 2.50 bits per heavy atom. The normalized spacial score (nSPS) is 14.2. The zero-order valence-corrected chi connectivity index (χ0v) is 20.9. The molecule has 0 amide bonds. The van der Waals surface area contributed by atoms with Crippen LogP contribution in [0.15, 0.2) is 74.2 Å². The molecule has 11 heteroatoms. The number of carbonyl (C=O) groups excluding carboxylic acids is 1. The number of hydrogen-bond donors (Lipinski definition) is 0. The zero-order chi connectivity index (χ0) is 24.4. The minimum absolute atomic E-state index is 0.0169. The molecule has 1 aliphatic rings. The number of cyclic esters (lactones) is 1. The maximum atomic E-state index is 13.9. The molecule has 3 aromatic rings. The molecule has 0 unspecified atom stereocenters. The number of non-ortho nitro benzene ring substituents is 1. The molecule has 0 aromatic heterocycles. The standard InChI is InChI=1S/C23H12Br2ClFN2O5/c24-16-7-12(8-17(25)21(16)33-11-13-3-1-2-4-19(13)27)9-20-23(30)34-22(28-20)15-6-5-14(29(31)32)10-18(15)26/h1-10H,11H2/b20-9-. The first-order valence-corrected chi connectivity index (χ1v) is 11.5. The van der Waals surface area contributed by atoms with E-state index in [0.717, 1.165) is 6.07 Å². The molecule has 1 heterocycles. The van der Waals surface area contributed by atoms with Gasteiger partial charge in [-0.1, -0.05) is 29.8 Å². The van der Waals surface area contributed by atoms with Crippen molar-refractivity contribution in [3.05, 3.63) is 107 Å². The minimum Gasteiger partial charge on any atom is -0.486 e. The van der Waals surface area contributed by atoms with Crippen molar-refractivity contribution < 1.29 is 23.6 Å². The van der Waals surface area contributed by atoms with Crippen LogP contribution >= 0.6 is 43.5 Å². The Bertz CT molecular complexity index is 1370. The summed E-state index contributed by atoms with van der Waals surface area (Å²) < 4.78 is 25.9. The van der Waals surface area contributed by atoms with Crippen molar-refractivity contribution in [1.82, 2.24) is 0 Å². The van der Waals surface area contributed by atoms with Gasteiger partial charge in [0.15, 0.2) is 5.70 Å². The molecule has 172 valence electrons. The Labute approximate surface area is 214 Å². The van der Waals surface area contributed by atoms with Crippen molar-refractivity contribution in [3.63, 3.8) is 0 Å². The average Bonchev–Trinajstić information content (AvgIpc) is 3.14. The molecule has 1 aliphatic heterocycles. The fourth-order valence-electron chi connectivity index (χ4n) is 3.04. The number of esters is 1. The minimum atomic E-state index is -0.698. The number of nitro benzene ring substituents is 1. The Morgan fingerprint density at radius 2 is 1.85 bits per heavy atom. The van der Waals surface area contributed by atoms with Gasteiger partial charge in [-0.2, -0.15) is 0 Å². The average molecular weight is 611 g/mol. The van der Waals surface area contributed by atoms with E-state index in [0.29, 0.717) is 25.8 Å². The highest BCUT2D eigenvalue weighted by Crippen LogP contribution is 2.36. The van der Waals surface area contributed by atoms with Crippen LogP contribution in [0.5, 0.6) is 5.75 Å². The number of nitrogens with zero attached hydrogens (tertiary/aromatic N) is 2. The fraction of sp³-hybridized carbons (Fsp3) is 0.0435. The second-order valence-electron chi connectivity index (χ2n) is 6.95. The Balaban J connectivity index is 1.58. The number of aliphatic imine (C=N–C) groups is 1. The summed E-state index contributed by atoms with van der Waals surface area (Å²) in [5, 5.41) is 10.9. The Kier molecular flexibility index (Phi) is 7.11. The van der Waals surface area contributed by atoms with E-state index < -0.39 is 10.9 Å². The number of ether oxygens (including phenoxy) is 2. The van der Waals surface area contributed by atoms with Crippen molar-refractivity contribution in [1.29, 1.82) is 0 Å². The van der Waals surface area contributed by atoms with Gasteiger partial charge in [-0.3, -0.25) is 10.1 Å². The van der Waals surface area contributed by atoms with E-state index in [1.165, 1.54) is 24.3 Å². The van der Waals surface area contributed by atoms with Crippen LogP contribution < -0.4 is 4.74 Å². The molecule has 0 fully saturated rings. The van der Waals surface area contributed by atoms with E-state index in [4.69, 9.17) is 21.1 Å². The summed E-state index contributed by atoms with van der Waals surface area (Å²) in [6, 6.07) is 13.5. The van der Waals surface area contributed by atoms with Crippen LogP contribution in [0, 0.1) is 15.9 Å². The van der Waals surface area contributed by atoms with Gasteiger partial charge in [0, 0.05) is 17.7 Å². The number of benzene rings is 3. The van der Waals surface area contributed by atoms with E-state index in [9.17, 15) is 19.3 Å². The van der Waals surface area contributed by atoms with Crippen molar-refractivity contribution >= 4 is 67.1 Å². The van der Waals surface area contributed by atoms with Crippen LogP contribution in [0.25, 0.3) is 6.08 Å². The summed E-state index contributed by atoms with van der Waals surface area (Å²) in [5.74, 6) is -0.658. The van der Waals surface area contributed by atoms with Gasteiger partial charge < -0.3 is 9.47 Å². The van der Waals surface area contributed by atoms with E-state index in [-0.39, 0.29) is 40.3 Å². The monoisotopic (exact) mass is 608 g/mol. The third-order valence-corrected chi connectivity index (χ3v) is 6.16. The third kappa shape index (κ3) is 5.19. The summed E-state index contributed by atoms with van der Waals surface area (Å²) in [6.45, 7) is 0.0281. The molecule has 0 bridgehead atoms. The molecule has 0 radical (unpaired) electrons. The predicted octanol–water partition coefficient (Wildman–Crippen LogP) is 6.84. The molecule has 0 atom stereocenters. The molecule has 0 aliphatic carbocycles. The molecule has 0 saturated heterocycles. The van der Waals surface area contributed by atoms with E-state index in [1.54, 1.807) is 30.3 Å². The quantitative estimate of drug-likeness (QED) is 0.132. The van der Waals surface area contributed by atoms with Gasteiger partial charge in [-0.25, -0.2) is 14.2 Å². The maximum Gasteiger partial charge on any atom is 0.363 e. The first-order chi connectivity index (χ1) is 16.2. The SMILES string of the molecule is O=C1OC(c2ccc([N+](=O)[O-])cc2Cl)=N/C1=C\c1cc(Br)c(OCc2ccccc2F)c(Br)c1. The van der Waals surface area contributed by atoms with Crippen LogP contribution in [-0.4, -0.2) is 16.8 Å². The second-order valence-corrected chi connectivity index (χ2v) is 9.07. The molecule has 7 nitrogen and oxygen atoms in total. The fourth-order valence-corrected chi connectivity index (χ4v) is 4.75. The molecule has 0 spiro atoms. The lowest BCUT2D eigenvalue weighted by Crippen LogP contribution is -2.06. The second kappa shape index (κ2) is 10.0. The predicted molar refractivity (Wildman–Crippen MR) is 131 cm³/mol. The summed E-state index contributed by atoms with van der Waals surface area (Å²) in [4.78, 5) is 26.8. The van der Waals surface area contributed by atoms with Crippen molar-refractivity contribution in [2.45, 2.75) is 6.61 Å². The van der Waals surface area contributed by atoms with E-state index in [1.807, 2.05) is 0 Å². The topological polar surface area (TPSA) is 91.0 Å². The Hall–Kier alpha value is -3.08. The third-order valence-electron chi connectivity index (χ3n) is 4.67. The lowest BCUT2D eigenvalue weighted by molar-refractivity contribution is -0.384. The van der Waals surface area contributed by atoms with E-state index >= 15 is 0 Å². The highest BCUT2D eigenvalue weighted by molar-refractivity contribution is 9.11. The first kappa shape index (κ1) is 24.1. The number of rotatable bonds is 6. The maximum absolute atomic E-state index is 13.9. The van der Waals surface area contributed by atoms with Gasteiger partial charge in [-0.15, -0.1) is 0 Å². The number of hydrogen-bond acceptors (Lipinski definition) is 6. The molecule has 0 N–H and O–H groups in total. The highest BCUT2D eigenvalue weighted by atomic mass is 79.9. The highest BCUT2D eigenvalue weighted by Gasteiger charge is 2.26. The Morgan fingerprint density at radius 1 is 1.15 bits per heavy atom. The number of carbonyl (C=O) groups is 1. The molecule has 3 aromatic carbocycles. The summed E-state index contributed by atoms with van der Waals surface area (Å²) in [7, 11) is 0. The van der Waals surface area contributed by atoms with Gasteiger partial charge >= 0.3 is 5.97 Å². The van der Waals surface area contributed by atoms with Crippen LogP contribution in [0.2, 0.25) is 5.02 Å². The summed E-state index contributed by atoms with van der Waals surface area (Å²) in [6.07, 6.45) is 1.50. The van der Waals surface area contributed by atoms with Crippen molar-refractivity contribution in [3.8, 4) is 5.75 Å². The van der Waals surface area contributed by atoms with Crippen LogP contribution in [0.4, 0.5) is 10.1 Å². The first-order valence-electron chi connectivity index (χ1n) is 9.55. The molecular formula is C23H12Br2ClFN2O5. The molecular weight excluding hydrogens is 599 g/mol. The van der Waals surface area contributed by atoms with Gasteiger partial charge in [0.25, 0.3) is 5.69 Å². The summed E-state index contributed by atoms with van der Waals surface area (Å²) >= 11 is 13.0. The smallest absolute Gasteiger partial charge is 0.363 e. The van der Waals surface area contributed by atoms with E-state index in [2.05, 4.69) is 36.9 Å². The largest absolute Gasteiger partial charge is 0.486 e.